The molecule has 39 nitrogen and oxygen atoms in total. The van der Waals surface area contributed by atoms with Gasteiger partial charge >= 0.3 is 5.97 Å². The maximum Gasteiger partial charge on any atom is 0.305 e. The number of fused-ring (bicyclic) bond motifs is 1. The number of carboxylic acid groups (broad SMARTS) is 1. The average Bonchev–Trinajstić information content (AvgIpc) is 1.61. The molecule has 13 amide bonds. The van der Waals surface area contributed by atoms with E-state index in [2.05, 4.69) is 78.4 Å². The van der Waals surface area contributed by atoms with Crippen LogP contribution in [0.4, 0.5) is 0 Å². The Balaban J connectivity index is 1.84. The predicted octanol–water partition coefficient (Wildman–Crippen LogP) is -7.50. The minimum Gasteiger partial charge on any atom is -0.481 e. The van der Waals surface area contributed by atoms with Crippen molar-refractivity contribution in [2.75, 3.05) is 57.3 Å². The van der Waals surface area contributed by atoms with E-state index < -0.39 is 168 Å². The molecule has 28 N–H and O–H groups in total. The van der Waals surface area contributed by atoms with Gasteiger partial charge in [0.2, 0.25) is 76.8 Å². The molecule has 0 aliphatic carbocycles. The molecule has 4 rings (SSSR count). The number of rotatable bonds is 25. The lowest BCUT2D eigenvalue weighted by molar-refractivity contribution is -0.143. The summed E-state index contributed by atoms with van der Waals surface area (Å²) in [7, 11) is 0. The highest BCUT2D eigenvalue weighted by atomic mass is 32.2. The van der Waals surface area contributed by atoms with Gasteiger partial charge in [0.05, 0.1) is 25.3 Å². The van der Waals surface area contributed by atoms with Crippen LogP contribution in [0.3, 0.4) is 0 Å². The Labute approximate surface area is 611 Å². The average molecular weight is 1490 g/mol. The minimum atomic E-state index is -1.92. The van der Waals surface area contributed by atoms with Gasteiger partial charge in [-0.25, -0.2) is 0 Å². The van der Waals surface area contributed by atoms with Gasteiger partial charge in [0.15, 0.2) is 17.9 Å². The Kier molecular flexibility index (Phi) is 37.8. The van der Waals surface area contributed by atoms with E-state index in [1.54, 1.807) is 56.3 Å². The molecule has 2 saturated heterocycles. The first-order chi connectivity index (χ1) is 49.9. The van der Waals surface area contributed by atoms with Crippen LogP contribution in [0.25, 0.3) is 0 Å². The number of pyridine rings is 1. The van der Waals surface area contributed by atoms with Crippen LogP contribution in [-0.4, -0.2) is 233 Å². The summed E-state index contributed by atoms with van der Waals surface area (Å²) in [5, 5.41) is 38.1. The van der Waals surface area contributed by atoms with Gasteiger partial charge in [-0.2, -0.15) is 0 Å². The molecule has 0 saturated carbocycles. The highest BCUT2D eigenvalue weighted by molar-refractivity contribution is 8.00. The van der Waals surface area contributed by atoms with Crippen LogP contribution in [-0.2, 0) is 80.0 Å². The predicted molar refractivity (Wildman–Crippen MR) is 387 cm³/mol. The fraction of sp³-hybridized carbons (Fsp3) is 0.569. The van der Waals surface area contributed by atoms with Crippen LogP contribution in [0.5, 0.6) is 0 Å². The van der Waals surface area contributed by atoms with Crippen LogP contribution >= 0.6 is 11.8 Å². The lowest BCUT2D eigenvalue weighted by Crippen LogP contribution is -2.60. The Hall–Kier alpha value is -10.9. The quantitative estimate of drug-likeness (QED) is 0.0249. The second kappa shape index (κ2) is 45.9. The Morgan fingerprint density at radius 1 is 0.533 bits per heavy atom. The fourth-order valence-corrected chi connectivity index (χ4v) is 11.9. The number of hydrogen-bond acceptors (Lipinski definition) is 20. The molecule has 2 aromatic rings. The van der Waals surface area contributed by atoms with Gasteiger partial charge < -0.3 is 114 Å². The number of aliphatic carboxylic acids is 1. The van der Waals surface area contributed by atoms with Crippen molar-refractivity contribution in [3.63, 3.8) is 0 Å². The molecule has 1 aromatic heterocycles. The summed E-state index contributed by atoms with van der Waals surface area (Å²) in [4.78, 5) is 213. The number of primary amides is 1. The molecule has 1 aromatic carbocycles. The van der Waals surface area contributed by atoms with Crippen molar-refractivity contribution in [2.45, 2.75) is 171 Å². The van der Waals surface area contributed by atoms with Crippen LogP contribution in [0.15, 0.2) is 69.8 Å². The van der Waals surface area contributed by atoms with Gasteiger partial charge in [-0.05, 0) is 107 Å². The number of benzene rings is 1. The number of aliphatic imine (C=N–C) groups is 3. The third kappa shape index (κ3) is 32.9. The smallest absolute Gasteiger partial charge is 0.305 e. The van der Waals surface area contributed by atoms with Gasteiger partial charge in [0, 0.05) is 57.2 Å². The van der Waals surface area contributed by atoms with E-state index >= 15 is 9.59 Å². The van der Waals surface area contributed by atoms with Crippen molar-refractivity contribution in [3.05, 3.63) is 66.0 Å². The van der Waals surface area contributed by atoms with Crippen LogP contribution in [0.2, 0.25) is 0 Å². The summed E-state index contributed by atoms with van der Waals surface area (Å²) in [6.07, 6.45) is 1.92. The molecule has 40 heteroatoms. The van der Waals surface area contributed by atoms with Crippen molar-refractivity contribution in [1.82, 2.24) is 68.4 Å². The molecule has 0 radical (unpaired) electrons. The molecule has 3 heterocycles. The number of nitrogens with two attached hydrogens (primary N) is 8. The number of guanidine groups is 3. The van der Waals surface area contributed by atoms with Crippen molar-refractivity contribution < 1.29 is 72.2 Å². The monoisotopic (exact) mass is 1490 g/mol. The van der Waals surface area contributed by atoms with Crippen molar-refractivity contribution in [1.29, 1.82) is 0 Å². The molecule has 0 bridgehead atoms. The highest BCUT2D eigenvalue weighted by Crippen LogP contribution is 2.22. The fourth-order valence-electron chi connectivity index (χ4n) is 11.1. The molecule has 2 fully saturated rings. The maximum absolute atomic E-state index is 15.1. The first kappa shape index (κ1) is 86.5. The van der Waals surface area contributed by atoms with E-state index in [-0.39, 0.29) is 146 Å². The van der Waals surface area contributed by atoms with E-state index in [1.807, 2.05) is 0 Å². The number of hydrogen-bond donors (Lipinski definition) is 20. The number of unbranched alkanes of at least 4 members (excludes halogenated alkanes) is 1. The number of aromatic nitrogens is 1. The SMILES string of the molecule is CC(C)C[C@@H]1NC(=O)[C@H](Cc2cccnc2)NC(=O)CSC[C@@H](C(N)=O)NC(=O)CNC(=O)CNC(=O)[C@H](CCCN=C(N)N)NC(=O)[C@H](CC(=O)O)NC(=O)[C@H](CCCCN)NC(=O)[C@@H]2CCCN2C(=O)[C@H](CCCN=C(N)N)NC(=O)[C@H](Cc2ccccc2)NC(=O)[C@H](CCCN=C(N)N)NC1=O. The molecule has 105 heavy (non-hydrogen) atoms. The third-order valence-corrected chi connectivity index (χ3v) is 17.3. The molecular formula is C65H102N24O15S. The normalized spacial score (nSPS) is 23.1. The minimum absolute atomic E-state index is 0.00928. The van der Waals surface area contributed by atoms with Gasteiger partial charge in [0.1, 0.15) is 60.4 Å². The first-order valence-corrected chi connectivity index (χ1v) is 35.5. The summed E-state index contributed by atoms with van der Waals surface area (Å²) in [5.74, 6) is -15.4. The van der Waals surface area contributed by atoms with Gasteiger partial charge in [0.25, 0.3) is 0 Å². The third-order valence-electron chi connectivity index (χ3n) is 16.3. The standard InChI is InChI=1S/C65H102N24O15S/c1-36(2)27-43-57(99)83-41(18-10-24-76-64(70)71)56(98)87-45(28-37-13-4-3-5-14-37)59(101)85-42(19-11-25-77-65(72)73)62(104)89-26-12-20-48(89)61(103)84-40(16-6-7-21-66)55(97)88-46(30-52(93)94)60(102)82-39(17-9-23-75-63(68)69)54(96)79-32-49(90)78-33-50(91)81-47(53(67)95)34-105-35-51(92)80-44(58(100)86-43)29-38-15-8-22-74-31-38/h3-5,8,13-15,22,31,36,39-48H,6-7,9-12,16-21,23-30,32-35,66H2,1-2H3,(H2,67,95)(H,78,90)(H,79,96)(H,80,92)(H,81,91)(H,82,102)(H,83,99)(H,84,103)(H,85,101)(H,86,100)(H,87,98)(H,88,97)(H,93,94)(H4,68,69,75)(H4,70,71,76)(H4,72,73,77)/t39-,40-,41-,42-,43-,44-,45-,46-,47-,48-/m0/s1. The molecule has 2 aliphatic heterocycles. The van der Waals surface area contributed by atoms with Crippen molar-refractivity contribution in [3.8, 4) is 0 Å². The zero-order valence-corrected chi connectivity index (χ0v) is 59.8. The summed E-state index contributed by atoms with van der Waals surface area (Å²) < 4.78 is 0. The van der Waals surface area contributed by atoms with E-state index in [0.717, 1.165) is 11.8 Å². The van der Waals surface area contributed by atoms with E-state index in [1.165, 1.54) is 17.3 Å². The summed E-state index contributed by atoms with van der Waals surface area (Å²) >= 11 is 0.829. The molecule has 10 atom stereocenters. The van der Waals surface area contributed by atoms with Crippen LogP contribution in [0, 0.1) is 5.92 Å². The molecule has 2 aliphatic rings. The number of carbonyl (C=O) groups is 14. The van der Waals surface area contributed by atoms with Crippen LogP contribution < -0.4 is 104 Å². The van der Waals surface area contributed by atoms with E-state index in [9.17, 15) is 62.6 Å². The first-order valence-electron chi connectivity index (χ1n) is 34.4. The van der Waals surface area contributed by atoms with Gasteiger partial charge in [-0.15, -0.1) is 11.8 Å². The van der Waals surface area contributed by atoms with Gasteiger partial charge in [-0.1, -0.05) is 50.2 Å². The lowest BCUT2D eigenvalue weighted by atomic mass is 10.00. The zero-order valence-electron chi connectivity index (χ0n) is 58.9. The summed E-state index contributed by atoms with van der Waals surface area (Å²) in [6.45, 7) is 1.97. The zero-order chi connectivity index (χ0) is 77.5. The van der Waals surface area contributed by atoms with E-state index in [4.69, 9.17) is 45.9 Å². The van der Waals surface area contributed by atoms with Crippen molar-refractivity contribution in [2.24, 2.45) is 66.8 Å². The molecule has 0 spiro atoms. The van der Waals surface area contributed by atoms with Crippen molar-refractivity contribution >= 4 is 112 Å². The number of amides is 13. The number of nitrogens with zero attached hydrogens (tertiary/aromatic N) is 5. The Morgan fingerprint density at radius 3 is 1.56 bits per heavy atom. The molecule has 578 valence electrons. The molecular weight excluding hydrogens is 1390 g/mol. The highest BCUT2D eigenvalue weighted by Gasteiger charge is 2.41. The maximum atomic E-state index is 15.1. The Morgan fingerprint density at radius 2 is 1.01 bits per heavy atom. The number of carbonyl (C=O) groups excluding carboxylic acids is 13. The topological polar surface area (TPSA) is 653 Å². The van der Waals surface area contributed by atoms with Crippen LogP contribution in [0.1, 0.15) is 108 Å². The van der Waals surface area contributed by atoms with E-state index in [0.29, 0.717) is 17.5 Å². The second-order valence-corrected chi connectivity index (χ2v) is 26.4. The second-order valence-electron chi connectivity index (χ2n) is 25.4. The summed E-state index contributed by atoms with van der Waals surface area (Å²) in [6, 6.07) is -3.15. The Bertz CT molecular complexity index is 3380. The largest absolute Gasteiger partial charge is 0.481 e. The number of carboxylic acids is 1. The van der Waals surface area contributed by atoms with Gasteiger partial charge in [-0.3, -0.25) is 87.1 Å². The summed E-state index contributed by atoms with van der Waals surface area (Å²) in [5.41, 5.74) is 46.0. The molecule has 0 unspecified atom stereocenters. The number of nitrogens with one attached hydrogen (secondary N) is 11. The number of thioether (sulfide) groups is 1. The lowest BCUT2D eigenvalue weighted by Gasteiger charge is -2.31.